The first-order chi connectivity index (χ1) is 13.5. The van der Waals surface area contributed by atoms with Crippen LogP contribution in [0.3, 0.4) is 0 Å². The summed E-state index contributed by atoms with van der Waals surface area (Å²) < 4.78 is 12.1. The molecule has 2 aromatic carbocycles. The van der Waals surface area contributed by atoms with E-state index in [-0.39, 0.29) is 12.7 Å². The highest BCUT2D eigenvalue weighted by Gasteiger charge is 2.16. The monoisotopic (exact) mass is 416 g/mol. The first-order valence-corrected chi connectivity index (χ1v) is 9.02. The number of carbonyl (C=O) groups excluding carboxylic acids is 1. The molecule has 1 aliphatic heterocycles. The van der Waals surface area contributed by atoms with Gasteiger partial charge in [0.1, 0.15) is 5.15 Å². The van der Waals surface area contributed by atoms with E-state index in [0.29, 0.717) is 38.5 Å². The Morgan fingerprint density at radius 1 is 1.21 bits per heavy atom. The summed E-state index contributed by atoms with van der Waals surface area (Å²) in [5.74, 6) is 0.750. The molecule has 4 rings (SSSR count). The van der Waals surface area contributed by atoms with Crippen molar-refractivity contribution in [1.82, 2.24) is 15.2 Å². The van der Waals surface area contributed by atoms with Gasteiger partial charge < -0.3 is 9.47 Å². The van der Waals surface area contributed by atoms with E-state index in [1.807, 2.05) is 12.1 Å². The Balaban J connectivity index is 1.51. The van der Waals surface area contributed by atoms with E-state index in [0.717, 1.165) is 5.69 Å². The molecule has 0 saturated carbocycles. The number of ether oxygens (including phenoxy) is 2. The first-order valence-electron chi connectivity index (χ1n) is 8.27. The van der Waals surface area contributed by atoms with Gasteiger partial charge in [-0.25, -0.2) is 10.1 Å². The van der Waals surface area contributed by atoms with Crippen LogP contribution in [0.1, 0.15) is 21.6 Å². The number of halogens is 2. The van der Waals surface area contributed by atoms with Crippen molar-refractivity contribution in [3.8, 4) is 17.2 Å². The molecule has 0 spiro atoms. The molecule has 1 aliphatic rings. The van der Waals surface area contributed by atoms with Gasteiger partial charge >= 0.3 is 0 Å². The number of aromatic nitrogens is 2. The Morgan fingerprint density at radius 3 is 2.86 bits per heavy atom. The summed E-state index contributed by atoms with van der Waals surface area (Å²) in [4.78, 5) is 12.3. The van der Waals surface area contributed by atoms with Gasteiger partial charge in [0.05, 0.1) is 23.2 Å². The number of benzene rings is 2. The van der Waals surface area contributed by atoms with Crippen molar-refractivity contribution in [2.45, 2.75) is 6.92 Å². The van der Waals surface area contributed by atoms with Crippen LogP contribution in [0.25, 0.3) is 5.69 Å². The van der Waals surface area contributed by atoms with E-state index in [1.54, 1.807) is 41.9 Å². The summed E-state index contributed by atoms with van der Waals surface area (Å²) in [5.41, 5.74) is 4.85. The van der Waals surface area contributed by atoms with E-state index in [4.69, 9.17) is 32.7 Å². The molecule has 28 heavy (non-hydrogen) atoms. The molecule has 142 valence electrons. The van der Waals surface area contributed by atoms with E-state index in [2.05, 4.69) is 15.6 Å². The number of aryl methyl sites for hydroxylation is 1. The lowest BCUT2D eigenvalue weighted by Crippen LogP contribution is -2.17. The zero-order valence-electron chi connectivity index (χ0n) is 14.6. The number of carbonyl (C=O) groups is 1. The Labute approximate surface area is 170 Å². The second-order valence-corrected chi connectivity index (χ2v) is 6.74. The third kappa shape index (κ3) is 3.54. The molecule has 9 heteroatoms. The average Bonchev–Trinajstić information content (AvgIpc) is 3.26. The van der Waals surface area contributed by atoms with Gasteiger partial charge in [-0.05, 0) is 43.3 Å². The molecule has 0 fully saturated rings. The molecular formula is C19H14Cl2N4O3. The molecule has 0 radical (unpaired) electrons. The number of hydrogen-bond donors (Lipinski definition) is 1. The van der Waals surface area contributed by atoms with E-state index < -0.39 is 0 Å². The summed E-state index contributed by atoms with van der Waals surface area (Å²) in [6, 6.07) is 12.1. The zero-order chi connectivity index (χ0) is 19.7. The Hall–Kier alpha value is -3.03. The standard InChI is InChI=1S/C19H14Cl2N4O3/c1-11-15(18(21)25(24-11)14-4-2-3-13(20)8-14)9-22-23-19(26)12-5-6-16-17(7-12)28-10-27-16/h2-9H,10H2,1H3,(H,23,26). The summed E-state index contributed by atoms with van der Waals surface area (Å²) in [6.07, 6.45) is 1.45. The van der Waals surface area contributed by atoms with Crippen molar-refractivity contribution in [2.75, 3.05) is 6.79 Å². The lowest BCUT2D eigenvalue weighted by atomic mass is 10.2. The van der Waals surface area contributed by atoms with Crippen LogP contribution in [-0.2, 0) is 0 Å². The maximum atomic E-state index is 12.3. The summed E-state index contributed by atoms with van der Waals surface area (Å²) in [6.45, 7) is 1.95. The second-order valence-electron chi connectivity index (χ2n) is 5.95. The average molecular weight is 417 g/mol. The number of rotatable bonds is 4. The van der Waals surface area contributed by atoms with Crippen LogP contribution < -0.4 is 14.9 Å². The number of fused-ring (bicyclic) bond motifs is 1. The molecule has 3 aromatic rings. The minimum absolute atomic E-state index is 0.146. The smallest absolute Gasteiger partial charge is 0.271 e. The van der Waals surface area contributed by atoms with Crippen LogP contribution in [0, 0.1) is 6.92 Å². The molecule has 7 nitrogen and oxygen atoms in total. The topological polar surface area (TPSA) is 77.7 Å². The van der Waals surface area contributed by atoms with Crippen LogP contribution in [0.2, 0.25) is 10.2 Å². The van der Waals surface area contributed by atoms with Crippen molar-refractivity contribution in [3.05, 3.63) is 69.5 Å². The predicted molar refractivity (Wildman–Crippen MR) is 106 cm³/mol. The lowest BCUT2D eigenvalue weighted by molar-refractivity contribution is 0.0954. The number of nitrogens with one attached hydrogen (secondary N) is 1. The number of hydrogen-bond acceptors (Lipinski definition) is 5. The Kier molecular flexibility index (Phi) is 4.93. The fourth-order valence-corrected chi connectivity index (χ4v) is 3.20. The van der Waals surface area contributed by atoms with E-state index in [1.165, 1.54) is 6.21 Å². The van der Waals surface area contributed by atoms with E-state index in [9.17, 15) is 4.79 Å². The van der Waals surface area contributed by atoms with Gasteiger partial charge in [0.25, 0.3) is 5.91 Å². The largest absolute Gasteiger partial charge is 0.454 e. The molecule has 1 aromatic heterocycles. The molecule has 1 N–H and O–H groups in total. The van der Waals surface area contributed by atoms with Gasteiger partial charge in [0.2, 0.25) is 6.79 Å². The number of amides is 1. The maximum Gasteiger partial charge on any atom is 0.271 e. The van der Waals surface area contributed by atoms with Crippen molar-refractivity contribution in [1.29, 1.82) is 0 Å². The van der Waals surface area contributed by atoms with Crippen LogP contribution in [0.15, 0.2) is 47.6 Å². The Morgan fingerprint density at radius 2 is 2.04 bits per heavy atom. The third-order valence-electron chi connectivity index (χ3n) is 4.10. The van der Waals surface area contributed by atoms with Gasteiger partial charge in [0, 0.05) is 10.6 Å². The predicted octanol–water partition coefficient (Wildman–Crippen LogP) is 3.98. The second kappa shape index (κ2) is 7.53. The maximum absolute atomic E-state index is 12.3. The molecular weight excluding hydrogens is 403 g/mol. The van der Waals surface area contributed by atoms with Crippen LogP contribution in [0.4, 0.5) is 0 Å². The number of hydrazone groups is 1. The van der Waals surface area contributed by atoms with Crippen LogP contribution in [-0.4, -0.2) is 28.7 Å². The molecule has 0 unspecified atom stereocenters. The highest BCUT2D eigenvalue weighted by molar-refractivity contribution is 6.32. The molecule has 0 bridgehead atoms. The molecule has 0 saturated heterocycles. The van der Waals surface area contributed by atoms with Crippen LogP contribution in [0.5, 0.6) is 11.5 Å². The van der Waals surface area contributed by atoms with Crippen molar-refractivity contribution >= 4 is 35.3 Å². The van der Waals surface area contributed by atoms with Crippen molar-refractivity contribution in [2.24, 2.45) is 5.10 Å². The Bertz CT molecular complexity index is 1090. The van der Waals surface area contributed by atoms with Gasteiger partial charge in [-0.2, -0.15) is 10.2 Å². The van der Waals surface area contributed by atoms with E-state index >= 15 is 0 Å². The normalized spacial score (nSPS) is 12.5. The summed E-state index contributed by atoms with van der Waals surface area (Å²) in [5, 5.41) is 9.34. The fraction of sp³-hybridized carbons (Fsp3) is 0.105. The van der Waals surface area contributed by atoms with Crippen molar-refractivity contribution < 1.29 is 14.3 Å². The van der Waals surface area contributed by atoms with Crippen molar-refractivity contribution in [3.63, 3.8) is 0 Å². The third-order valence-corrected chi connectivity index (χ3v) is 4.69. The van der Waals surface area contributed by atoms with Gasteiger partial charge in [-0.15, -0.1) is 0 Å². The lowest BCUT2D eigenvalue weighted by Gasteiger charge is -2.03. The summed E-state index contributed by atoms with van der Waals surface area (Å²) >= 11 is 12.5. The molecule has 0 aliphatic carbocycles. The summed E-state index contributed by atoms with van der Waals surface area (Å²) in [7, 11) is 0. The molecule has 2 heterocycles. The minimum Gasteiger partial charge on any atom is -0.454 e. The highest BCUT2D eigenvalue weighted by Crippen LogP contribution is 2.32. The zero-order valence-corrected chi connectivity index (χ0v) is 16.2. The fourth-order valence-electron chi connectivity index (χ4n) is 2.69. The number of nitrogens with zero attached hydrogens (tertiary/aromatic N) is 3. The SMILES string of the molecule is Cc1nn(-c2cccc(Cl)c2)c(Cl)c1C=NNC(=O)c1ccc2c(c1)OCO2. The van der Waals surface area contributed by atoms with Gasteiger partial charge in [0.15, 0.2) is 11.5 Å². The van der Waals surface area contributed by atoms with Gasteiger partial charge in [-0.1, -0.05) is 29.3 Å². The first kappa shape index (κ1) is 18.3. The highest BCUT2D eigenvalue weighted by atomic mass is 35.5. The molecule has 1 amide bonds. The van der Waals surface area contributed by atoms with Crippen LogP contribution >= 0.6 is 23.2 Å². The molecule has 0 atom stereocenters. The minimum atomic E-state index is -0.384. The van der Waals surface area contributed by atoms with Gasteiger partial charge in [-0.3, -0.25) is 4.79 Å². The quantitative estimate of drug-likeness (QED) is 0.515.